The van der Waals surface area contributed by atoms with Crippen molar-refractivity contribution < 1.29 is 9.90 Å². The number of fused-ring (bicyclic) bond motifs is 2. The van der Waals surface area contributed by atoms with Gasteiger partial charge in [0.2, 0.25) is 0 Å². The van der Waals surface area contributed by atoms with E-state index in [4.69, 9.17) is 0 Å². The number of anilines is 1. The summed E-state index contributed by atoms with van der Waals surface area (Å²) < 4.78 is 2.00. The molecule has 7 nitrogen and oxygen atoms in total. The molecule has 2 aliphatic rings. The highest BCUT2D eigenvalue weighted by atomic mass is 16.3. The second kappa shape index (κ2) is 6.98. The van der Waals surface area contributed by atoms with Gasteiger partial charge in [-0.05, 0) is 37.8 Å². The number of carbonyl (C=O) groups excluding carboxylic acids is 1. The van der Waals surface area contributed by atoms with E-state index >= 15 is 0 Å². The number of aliphatic hydroxyl groups is 1. The first-order valence-electron chi connectivity index (χ1n) is 10.0. The summed E-state index contributed by atoms with van der Waals surface area (Å²) in [7, 11) is 0. The number of aromatic amines is 1. The lowest BCUT2D eigenvalue weighted by Gasteiger charge is -2.27. The molecule has 1 aromatic carbocycles. The van der Waals surface area contributed by atoms with Crippen LogP contribution in [0.2, 0.25) is 0 Å². The predicted molar refractivity (Wildman–Crippen MR) is 107 cm³/mol. The number of aromatic nitrogens is 3. The number of nitrogens with one attached hydrogen (secondary N) is 2. The molecule has 28 heavy (non-hydrogen) atoms. The van der Waals surface area contributed by atoms with Gasteiger partial charge < -0.3 is 20.3 Å². The average molecular weight is 379 g/mol. The number of rotatable bonds is 3. The van der Waals surface area contributed by atoms with Crippen molar-refractivity contribution in [2.24, 2.45) is 0 Å². The van der Waals surface area contributed by atoms with Crippen LogP contribution in [-0.2, 0) is 13.1 Å². The van der Waals surface area contributed by atoms with Gasteiger partial charge in [-0.2, -0.15) is 5.10 Å². The van der Waals surface area contributed by atoms with Crippen LogP contribution < -0.4 is 5.32 Å². The molecule has 1 amide bonds. The highest BCUT2D eigenvalue weighted by molar-refractivity contribution is 5.98. The molecule has 146 valence electrons. The molecule has 0 bridgehead atoms. The van der Waals surface area contributed by atoms with Crippen molar-refractivity contribution in [1.82, 2.24) is 19.7 Å². The van der Waals surface area contributed by atoms with Gasteiger partial charge in [-0.25, -0.2) is 0 Å². The first-order chi connectivity index (χ1) is 13.7. The van der Waals surface area contributed by atoms with Crippen LogP contribution in [0, 0.1) is 0 Å². The summed E-state index contributed by atoms with van der Waals surface area (Å²) in [6, 6.07) is 12.3. The third-order valence-corrected chi connectivity index (χ3v) is 5.89. The van der Waals surface area contributed by atoms with Crippen molar-refractivity contribution in [1.29, 1.82) is 0 Å². The second-order valence-corrected chi connectivity index (χ2v) is 7.89. The summed E-state index contributed by atoms with van der Waals surface area (Å²) in [5.74, 6) is 0.899. The van der Waals surface area contributed by atoms with Gasteiger partial charge in [0.25, 0.3) is 5.91 Å². The maximum Gasteiger partial charge on any atom is 0.270 e. The van der Waals surface area contributed by atoms with Crippen LogP contribution in [0.5, 0.6) is 0 Å². The molecule has 1 aliphatic heterocycles. The Morgan fingerprint density at radius 3 is 2.79 bits per heavy atom. The topological polar surface area (TPSA) is 86.2 Å². The molecule has 3 aromatic rings. The van der Waals surface area contributed by atoms with Gasteiger partial charge >= 0.3 is 0 Å². The van der Waals surface area contributed by atoms with Crippen molar-refractivity contribution in [3.63, 3.8) is 0 Å². The summed E-state index contributed by atoms with van der Waals surface area (Å²) >= 11 is 0. The third kappa shape index (κ3) is 3.26. The lowest BCUT2D eigenvalue weighted by Crippen LogP contribution is -2.38. The number of H-pyrrole nitrogens is 1. The smallest absolute Gasteiger partial charge is 0.270 e. The molecule has 3 heterocycles. The van der Waals surface area contributed by atoms with Crippen LogP contribution in [0.1, 0.15) is 41.9 Å². The Kier molecular flexibility index (Phi) is 4.31. The standard InChI is InChI=1S/C21H25N5O2/c27-17-7-5-15(6-8-17)22-20-12-16-13-25(9-10-26(16)24-20)21(28)19-11-14-3-1-2-4-18(14)23-19/h1-4,11-12,15,17,23,27H,5-10,13H2,(H,22,24)/t15-,17-. The number of carbonyl (C=O) groups is 1. The van der Waals surface area contributed by atoms with Crippen molar-refractivity contribution in [2.45, 2.75) is 50.9 Å². The van der Waals surface area contributed by atoms with Crippen molar-refractivity contribution in [3.8, 4) is 0 Å². The SMILES string of the molecule is O=C(c1cc2ccccc2[nH]1)N1CCn2nc(N[C@H]3CC[C@H](O)CC3)cc2C1. The second-order valence-electron chi connectivity index (χ2n) is 7.89. The molecule has 3 N–H and O–H groups in total. The Bertz CT molecular complexity index is 966. The number of hydrogen-bond acceptors (Lipinski definition) is 4. The van der Waals surface area contributed by atoms with Gasteiger partial charge in [0, 0.05) is 29.6 Å². The van der Waals surface area contributed by atoms with Crippen LogP contribution in [0.4, 0.5) is 5.82 Å². The van der Waals surface area contributed by atoms with Crippen LogP contribution in [0.15, 0.2) is 36.4 Å². The van der Waals surface area contributed by atoms with E-state index in [1.807, 2.05) is 39.9 Å². The summed E-state index contributed by atoms with van der Waals surface area (Å²) in [5.41, 5.74) is 2.67. The van der Waals surface area contributed by atoms with Crippen LogP contribution in [0.3, 0.4) is 0 Å². The molecular weight excluding hydrogens is 354 g/mol. The Morgan fingerprint density at radius 2 is 1.96 bits per heavy atom. The molecule has 0 saturated heterocycles. The largest absolute Gasteiger partial charge is 0.393 e. The Labute approximate surface area is 163 Å². The maximum absolute atomic E-state index is 13.0. The number of nitrogens with zero attached hydrogens (tertiary/aromatic N) is 3. The van der Waals surface area contributed by atoms with E-state index in [1.54, 1.807) is 0 Å². The van der Waals surface area contributed by atoms with Gasteiger partial charge in [0.05, 0.1) is 24.9 Å². The number of para-hydroxylation sites is 1. The lowest BCUT2D eigenvalue weighted by atomic mass is 9.93. The zero-order chi connectivity index (χ0) is 19.1. The Balaban J connectivity index is 1.28. The molecule has 0 spiro atoms. The fourth-order valence-electron chi connectivity index (χ4n) is 4.30. The molecule has 2 aromatic heterocycles. The molecule has 1 aliphatic carbocycles. The number of hydrogen-bond donors (Lipinski definition) is 3. The normalized spacial score (nSPS) is 22.2. The van der Waals surface area contributed by atoms with Crippen molar-refractivity contribution in [3.05, 3.63) is 47.8 Å². The van der Waals surface area contributed by atoms with Crippen molar-refractivity contribution >= 4 is 22.6 Å². The van der Waals surface area contributed by atoms with Crippen molar-refractivity contribution in [2.75, 3.05) is 11.9 Å². The summed E-state index contributed by atoms with van der Waals surface area (Å²) in [6.07, 6.45) is 3.47. The molecule has 0 radical (unpaired) electrons. The summed E-state index contributed by atoms with van der Waals surface area (Å²) in [5, 5.41) is 18.9. The van der Waals surface area contributed by atoms with E-state index in [2.05, 4.69) is 21.5 Å². The van der Waals surface area contributed by atoms with E-state index < -0.39 is 0 Å². The van der Waals surface area contributed by atoms with Gasteiger partial charge in [-0.1, -0.05) is 18.2 Å². The molecule has 7 heteroatoms. The van der Waals surface area contributed by atoms with Crippen LogP contribution >= 0.6 is 0 Å². The van der Waals surface area contributed by atoms with Crippen LogP contribution in [-0.4, -0.2) is 49.4 Å². The fourth-order valence-corrected chi connectivity index (χ4v) is 4.30. The number of benzene rings is 1. The molecular formula is C21H25N5O2. The van der Waals surface area contributed by atoms with E-state index in [1.165, 1.54) is 0 Å². The lowest BCUT2D eigenvalue weighted by molar-refractivity contribution is 0.0701. The van der Waals surface area contributed by atoms with Crippen LogP contribution in [0.25, 0.3) is 10.9 Å². The quantitative estimate of drug-likeness (QED) is 0.653. The van der Waals surface area contributed by atoms with Gasteiger partial charge in [0.1, 0.15) is 11.5 Å². The Hall–Kier alpha value is -2.80. The zero-order valence-electron chi connectivity index (χ0n) is 15.8. The highest BCUT2D eigenvalue weighted by Gasteiger charge is 2.25. The molecule has 0 unspecified atom stereocenters. The molecule has 1 saturated carbocycles. The molecule has 5 rings (SSSR count). The first kappa shape index (κ1) is 17.3. The highest BCUT2D eigenvalue weighted by Crippen LogP contribution is 2.24. The van der Waals surface area contributed by atoms with Gasteiger partial charge in [0.15, 0.2) is 0 Å². The number of aliphatic hydroxyl groups excluding tert-OH is 1. The fraction of sp³-hybridized carbons (Fsp3) is 0.429. The van der Waals surface area contributed by atoms with E-state index in [0.717, 1.165) is 48.1 Å². The zero-order valence-corrected chi connectivity index (χ0v) is 15.8. The third-order valence-electron chi connectivity index (χ3n) is 5.89. The average Bonchev–Trinajstić information content (AvgIpc) is 3.32. The van der Waals surface area contributed by atoms with Gasteiger partial charge in [-0.15, -0.1) is 0 Å². The first-order valence-corrected chi connectivity index (χ1v) is 10.0. The number of amides is 1. The predicted octanol–water partition coefficient (Wildman–Crippen LogP) is 2.74. The van der Waals surface area contributed by atoms with E-state index in [0.29, 0.717) is 31.4 Å². The summed E-state index contributed by atoms with van der Waals surface area (Å²) in [6.45, 7) is 1.91. The molecule has 0 atom stereocenters. The maximum atomic E-state index is 13.0. The Morgan fingerprint density at radius 1 is 1.14 bits per heavy atom. The van der Waals surface area contributed by atoms with E-state index in [9.17, 15) is 9.90 Å². The molecule has 1 fully saturated rings. The minimum absolute atomic E-state index is 0.0272. The van der Waals surface area contributed by atoms with E-state index in [-0.39, 0.29) is 12.0 Å². The minimum Gasteiger partial charge on any atom is -0.393 e. The van der Waals surface area contributed by atoms with Gasteiger partial charge in [-0.3, -0.25) is 9.48 Å². The monoisotopic (exact) mass is 379 g/mol. The minimum atomic E-state index is -0.155. The summed E-state index contributed by atoms with van der Waals surface area (Å²) in [4.78, 5) is 18.1.